The van der Waals surface area contributed by atoms with Gasteiger partial charge in [-0.3, -0.25) is 0 Å². The predicted octanol–water partition coefficient (Wildman–Crippen LogP) is 13.8. The number of hydrogen-bond donors (Lipinski definition) is 0. The molecule has 2 aliphatic carbocycles. The zero-order valence-electron chi connectivity index (χ0n) is 30.7. The number of para-hydroxylation sites is 2. The van der Waals surface area contributed by atoms with E-state index in [1.807, 2.05) is 24.3 Å². The van der Waals surface area contributed by atoms with Crippen LogP contribution in [0.25, 0.3) is 65.7 Å². The van der Waals surface area contributed by atoms with E-state index in [2.05, 4.69) is 160 Å². The maximum absolute atomic E-state index is 9.73. The summed E-state index contributed by atoms with van der Waals surface area (Å²) >= 11 is 0. The highest BCUT2D eigenvalue weighted by molar-refractivity contribution is 6.14. The lowest BCUT2D eigenvalue weighted by Gasteiger charge is -2.30. The molecule has 0 fully saturated rings. The third-order valence-electron chi connectivity index (χ3n) is 12.5. The molecular weight excluding hydrogens is 657 g/mol. The van der Waals surface area contributed by atoms with Crippen molar-refractivity contribution in [2.45, 2.75) is 38.5 Å². The Bertz CT molecular complexity index is 3120. The molecule has 3 heteroatoms. The number of anilines is 3. The lowest BCUT2D eigenvalue weighted by molar-refractivity contribution is 0.652. The van der Waals surface area contributed by atoms with Crippen LogP contribution in [0.15, 0.2) is 150 Å². The number of hydrogen-bond acceptors (Lipinski definition) is 3. The lowest BCUT2D eigenvalue weighted by Crippen LogP contribution is -2.18. The Morgan fingerprint density at radius 2 is 1.11 bits per heavy atom. The van der Waals surface area contributed by atoms with E-state index in [0.717, 1.165) is 44.4 Å². The summed E-state index contributed by atoms with van der Waals surface area (Å²) in [5.41, 5.74) is 15.7. The number of rotatable bonds is 3. The molecule has 3 nitrogen and oxygen atoms in total. The van der Waals surface area contributed by atoms with Crippen LogP contribution >= 0.6 is 0 Å². The summed E-state index contributed by atoms with van der Waals surface area (Å²) in [6, 6.07) is 54.7. The lowest BCUT2D eigenvalue weighted by atomic mass is 9.79. The molecular formula is C51H36N2O. The zero-order chi connectivity index (χ0) is 36.5. The molecule has 1 heterocycles. The summed E-state index contributed by atoms with van der Waals surface area (Å²) in [6.07, 6.45) is 0. The summed E-state index contributed by atoms with van der Waals surface area (Å²) in [7, 11) is 0. The van der Waals surface area contributed by atoms with Gasteiger partial charge in [0.15, 0.2) is 5.58 Å². The van der Waals surface area contributed by atoms with Gasteiger partial charge in [-0.1, -0.05) is 119 Å². The van der Waals surface area contributed by atoms with Gasteiger partial charge in [0.05, 0.1) is 23.0 Å². The molecule has 1 aromatic heterocycles. The van der Waals surface area contributed by atoms with Crippen LogP contribution in [-0.2, 0) is 10.8 Å². The molecule has 54 heavy (non-hydrogen) atoms. The minimum absolute atomic E-state index is 0.135. The minimum Gasteiger partial charge on any atom is -0.454 e. The molecule has 11 rings (SSSR count). The molecule has 0 bridgehead atoms. The second kappa shape index (κ2) is 10.7. The third kappa shape index (κ3) is 4.00. The first-order valence-electron chi connectivity index (χ1n) is 18.7. The topological polar surface area (TPSA) is 40.2 Å². The second-order valence-corrected chi connectivity index (χ2v) is 16.0. The fourth-order valence-corrected chi connectivity index (χ4v) is 9.75. The Hall–Kier alpha value is -6.63. The maximum Gasteiger partial charge on any atom is 0.159 e. The number of fused-ring (bicyclic) bond motifs is 13. The Labute approximate surface area is 314 Å². The molecule has 256 valence electrons. The highest BCUT2D eigenvalue weighted by Crippen LogP contribution is 2.60. The highest BCUT2D eigenvalue weighted by Gasteiger charge is 2.43. The van der Waals surface area contributed by atoms with Crippen LogP contribution in [-0.4, -0.2) is 0 Å². The van der Waals surface area contributed by atoms with Gasteiger partial charge in [0.25, 0.3) is 0 Å². The van der Waals surface area contributed by atoms with Crippen molar-refractivity contribution in [3.05, 3.63) is 173 Å². The first kappa shape index (κ1) is 30.9. The van der Waals surface area contributed by atoms with Gasteiger partial charge in [-0.2, -0.15) is 5.26 Å². The van der Waals surface area contributed by atoms with Crippen LogP contribution in [0.5, 0.6) is 0 Å². The first-order chi connectivity index (χ1) is 26.3. The van der Waals surface area contributed by atoms with Gasteiger partial charge in [0.2, 0.25) is 0 Å². The van der Waals surface area contributed by atoms with Gasteiger partial charge in [0.1, 0.15) is 5.58 Å². The second-order valence-electron chi connectivity index (χ2n) is 16.0. The van der Waals surface area contributed by atoms with Crippen LogP contribution in [0.4, 0.5) is 17.1 Å². The van der Waals surface area contributed by atoms with Gasteiger partial charge in [-0.25, -0.2) is 0 Å². The molecule has 0 atom stereocenters. The van der Waals surface area contributed by atoms with E-state index in [9.17, 15) is 5.26 Å². The van der Waals surface area contributed by atoms with Crippen molar-refractivity contribution < 1.29 is 4.42 Å². The van der Waals surface area contributed by atoms with Crippen molar-refractivity contribution in [3.63, 3.8) is 0 Å². The summed E-state index contributed by atoms with van der Waals surface area (Å²) < 4.78 is 6.68. The largest absolute Gasteiger partial charge is 0.454 e. The Kier molecular flexibility index (Phi) is 6.14. The molecule has 0 radical (unpaired) electrons. The standard InChI is InChI=1S/C51H36N2O/c1-50(2)40-25-22-31-12-5-6-13-33(31)47(40)38-26-42-39(27-41(38)50)48-36-16-8-7-14-34(36)45(28-43(48)51(42,3)4)53(32-23-20-30(29-52)21-24-32)44-18-11-17-37-35-15-9-10-19-46(35)54-49(37)44/h5-28H,1-4H3. The molecule has 0 spiro atoms. The third-order valence-corrected chi connectivity index (χ3v) is 12.5. The van der Waals surface area contributed by atoms with Crippen molar-refractivity contribution >= 4 is 60.5 Å². The van der Waals surface area contributed by atoms with Gasteiger partial charge >= 0.3 is 0 Å². The van der Waals surface area contributed by atoms with Crippen molar-refractivity contribution in [2.75, 3.05) is 4.90 Å². The van der Waals surface area contributed by atoms with E-state index < -0.39 is 0 Å². The first-order valence-corrected chi connectivity index (χ1v) is 18.7. The Balaban J connectivity index is 1.20. The van der Waals surface area contributed by atoms with Crippen LogP contribution in [0.3, 0.4) is 0 Å². The van der Waals surface area contributed by atoms with E-state index in [1.54, 1.807) is 0 Å². The average molecular weight is 693 g/mol. The number of furan rings is 1. The van der Waals surface area contributed by atoms with Gasteiger partial charge < -0.3 is 9.32 Å². The van der Waals surface area contributed by atoms with Crippen molar-refractivity contribution in [1.29, 1.82) is 5.26 Å². The fraction of sp³-hybridized carbons (Fsp3) is 0.118. The van der Waals surface area contributed by atoms with E-state index in [-0.39, 0.29) is 10.8 Å². The van der Waals surface area contributed by atoms with Crippen LogP contribution in [0, 0.1) is 11.3 Å². The highest BCUT2D eigenvalue weighted by atomic mass is 16.3. The SMILES string of the molecule is CC1(C)c2cc3c(cc2-c2c1ccc1ccccc21)C(C)(C)c1cc(N(c2ccc(C#N)cc2)c2cccc4c2oc2ccccc24)c2ccccc2c1-3. The fourth-order valence-electron chi connectivity index (χ4n) is 9.75. The zero-order valence-corrected chi connectivity index (χ0v) is 30.7. The molecule has 0 amide bonds. The summed E-state index contributed by atoms with van der Waals surface area (Å²) in [5.74, 6) is 0. The van der Waals surface area contributed by atoms with E-state index in [4.69, 9.17) is 4.42 Å². The van der Waals surface area contributed by atoms with Crippen molar-refractivity contribution in [1.82, 2.24) is 0 Å². The van der Waals surface area contributed by atoms with Gasteiger partial charge in [-0.15, -0.1) is 0 Å². The Morgan fingerprint density at radius 1 is 0.500 bits per heavy atom. The average Bonchev–Trinajstić information content (AvgIpc) is 3.77. The van der Waals surface area contributed by atoms with Crippen LogP contribution in [0.2, 0.25) is 0 Å². The normalized spacial score (nSPS) is 14.6. The molecule has 2 aliphatic rings. The quantitative estimate of drug-likeness (QED) is 0.185. The molecule has 0 saturated carbocycles. The van der Waals surface area contributed by atoms with Crippen molar-refractivity contribution in [3.8, 4) is 28.3 Å². The number of nitriles is 1. The minimum atomic E-state index is -0.280. The van der Waals surface area contributed by atoms with Crippen molar-refractivity contribution in [2.24, 2.45) is 0 Å². The molecule has 8 aromatic carbocycles. The molecule has 9 aromatic rings. The Morgan fingerprint density at radius 3 is 1.85 bits per heavy atom. The number of nitrogens with zero attached hydrogens (tertiary/aromatic N) is 2. The monoisotopic (exact) mass is 692 g/mol. The van der Waals surface area contributed by atoms with E-state index >= 15 is 0 Å². The van der Waals surface area contributed by atoms with E-state index in [1.165, 1.54) is 60.7 Å². The summed E-state index contributed by atoms with van der Waals surface area (Å²) in [6.45, 7) is 9.54. The summed E-state index contributed by atoms with van der Waals surface area (Å²) in [5, 5.41) is 16.9. The molecule has 0 unspecified atom stereocenters. The smallest absolute Gasteiger partial charge is 0.159 e. The van der Waals surface area contributed by atoms with E-state index in [0.29, 0.717) is 5.56 Å². The van der Waals surface area contributed by atoms with Crippen LogP contribution < -0.4 is 4.90 Å². The predicted molar refractivity (Wildman–Crippen MR) is 223 cm³/mol. The van der Waals surface area contributed by atoms with Crippen LogP contribution in [0.1, 0.15) is 55.5 Å². The number of benzene rings is 8. The molecule has 0 aliphatic heterocycles. The summed E-state index contributed by atoms with van der Waals surface area (Å²) in [4.78, 5) is 2.33. The van der Waals surface area contributed by atoms with Gasteiger partial charge in [-0.05, 0) is 115 Å². The molecule has 0 saturated heterocycles. The maximum atomic E-state index is 9.73. The molecule has 0 N–H and O–H groups in total. The van der Waals surface area contributed by atoms with Gasteiger partial charge in [0, 0.05) is 32.7 Å².